The van der Waals surface area contributed by atoms with Crippen molar-refractivity contribution in [2.75, 3.05) is 13.1 Å². The zero-order valence-electron chi connectivity index (χ0n) is 12.3. The van der Waals surface area contributed by atoms with Crippen LogP contribution in [0.15, 0.2) is 24.3 Å². The second kappa shape index (κ2) is 5.51. The van der Waals surface area contributed by atoms with Crippen LogP contribution in [0.4, 0.5) is 0 Å². The quantitative estimate of drug-likeness (QED) is 0.869. The van der Waals surface area contributed by atoms with Gasteiger partial charge >= 0.3 is 0 Å². The van der Waals surface area contributed by atoms with Crippen LogP contribution in [0.25, 0.3) is 0 Å². The number of benzene rings is 1. The molecule has 112 valence electrons. The number of carbonyl (C=O) groups is 2. The van der Waals surface area contributed by atoms with E-state index in [-0.39, 0.29) is 29.3 Å². The van der Waals surface area contributed by atoms with Gasteiger partial charge < -0.3 is 10.0 Å². The highest BCUT2D eigenvalue weighted by Gasteiger charge is 2.42. The summed E-state index contributed by atoms with van der Waals surface area (Å²) in [6.45, 7) is 3.50. The van der Waals surface area contributed by atoms with Gasteiger partial charge in [-0.2, -0.15) is 0 Å². The molecule has 1 aromatic rings. The van der Waals surface area contributed by atoms with Crippen LogP contribution < -0.4 is 0 Å². The Hall–Kier alpha value is -1.84. The fraction of sp³-hybridized carbons (Fsp3) is 0.529. The number of hydrogen-bond acceptors (Lipinski definition) is 3. The molecule has 1 aromatic carbocycles. The predicted octanol–water partition coefficient (Wildman–Crippen LogP) is 2.47. The monoisotopic (exact) mass is 287 g/mol. The number of nitrogens with zero attached hydrogens (tertiary/aromatic N) is 1. The van der Waals surface area contributed by atoms with Gasteiger partial charge in [-0.25, -0.2) is 0 Å². The van der Waals surface area contributed by atoms with Crippen LogP contribution in [0, 0.1) is 17.8 Å². The van der Waals surface area contributed by atoms with E-state index >= 15 is 0 Å². The highest BCUT2D eigenvalue weighted by atomic mass is 16.3. The topological polar surface area (TPSA) is 57.6 Å². The fourth-order valence-corrected chi connectivity index (χ4v) is 3.12. The zero-order valence-corrected chi connectivity index (χ0v) is 12.3. The van der Waals surface area contributed by atoms with Crippen molar-refractivity contribution in [2.24, 2.45) is 17.8 Å². The number of ketones is 1. The highest BCUT2D eigenvalue weighted by Crippen LogP contribution is 2.39. The van der Waals surface area contributed by atoms with E-state index in [9.17, 15) is 14.7 Å². The van der Waals surface area contributed by atoms with Crippen molar-refractivity contribution in [2.45, 2.75) is 26.2 Å². The number of aromatic hydroxyl groups is 1. The Kier molecular flexibility index (Phi) is 3.70. The Balaban J connectivity index is 1.56. The minimum atomic E-state index is -0.00443. The van der Waals surface area contributed by atoms with Crippen molar-refractivity contribution in [1.29, 1.82) is 0 Å². The summed E-state index contributed by atoms with van der Waals surface area (Å²) in [5.41, 5.74) is 0.647. The molecule has 1 heterocycles. The molecule has 0 spiro atoms. The maximum Gasteiger partial charge on any atom is 0.225 e. The summed E-state index contributed by atoms with van der Waals surface area (Å²) in [5.74, 6) is 1.34. The van der Waals surface area contributed by atoms with Crippen LogP contribution in [-0.2, 0) is 4.79 Å². The van der Waals surface area contributed by atoms with E-state index in [1.54, 1.807) is 24.3 Å². The molecular weight excluding hydrogens is 266 g/mol. The summed E-state index contributed by atoms with van der Waals surface area (Å²) >= 11 is 0. The summed E-state index contributed by atoms with van der Waals surface area (Å²) in [6, 6.07) is 6.42. The minimum absolute atomic E-state index is 0.00443. The van der Waals surface area contributed by atoms with Crippen LogP contribution in [-0.4, -0.2) is 34.8 Å². The number of amides is 1. The van der Waals surface area contributed by atoms with E-state index in [1.807, 2.05) is 4.90 Å². The van der Waals surface area contributed by atoms with Gasteiger partial charge in [-0.15, -0.1) is 0 Å². The zero-order chi connectivity index (χ0) is 15.0. The normalized spacial score (nSPS) is 25.7. The minimum Gasteiger partial charge on any atom is -0.508 e. The fourth-order valence-electron chi connectivity index (χ4n) is 3.12. The number of carbonyl (C=O) groups excluding carboxylic acids is 2. The number of phenolic OH excluding ortho intramolecular Hbond substituents is 1. The molecule has 2 atom stereocenters. The van der Waals surface area contributed by atoms with Crippen molar-refractivity contribution in [3.63, 3.8) is 0 Å². The lowest BCUT2D eigenvalue weighted by molar-refractivity contribution is -0.134. The van der Waals surface area contributed by atoms with Crippen LogP contribution in [0.2, 0.25) is 0 Å². The van der Waals surface area contributed by atoms with Gasteiger partial charge in [-0.1, -0.05) is 6.92 Å². The third kappa shape index (κ3) is 2.94. The largest absolute Gasteiger partial charge is 0.508 e. The summed E-state index contributed by atoms with van der Waals surface area (Å²) in [5, 5.41) is 9.27. The molecule has 2 fully saturated rings. The van der Waals surface area contributed by atoms with Gasteiger partial charge in [-0.05, 0) is 49.4 Å². The number of Topliss-reactive ketones (excluding diaryl/α,β-unsaturated/α-hetero) is 1. The third-order valence-corrected chi connectivity index (χ3v) is 4.76. The highest BCUT2D eigenvalue weighted by molar-refractivity contribution is 5.98. The Labute approximate surface area is 124 Å². The number of likely N-dealkylation sites (tertiary alicyclic amines) is 1. The van der Waals surface area contributed by atoms with Gasteiger partial charge in [0.05, 0.1) is 0 Å². The molecule has 1 aliphatic heterocycles. The second-order valence-electron chi connectivity index (χ2n) is 6.33. The van der Waals surface area contributed by atoms with Crippen molar-refractivity contribution in [3.8, 4) is 5.75 Å². The lowest BCUT2D eigenvalue weighted by Crippen LogP contribution is -2.41. The molecule has 0 bridgehead atoms. The first-order chi connectivity index (χ1) is 10.1. The molecule has 1 saturated heterocycles. The maximum atomic E-state index is 12.4. The van der Waals surface area contributed by atoms with Crippen molar-refractivity contribution >= 4 is 11.7 Å². The van der Waals surface area contributed by atoms with Crippen LogP contribution in [0.3, 0.4) is 0 Å². The van der Waals surface area contributed by atoms with E-state index in [1.165, 1.54) is 0 Å². The lowest BCUT2D eigenvalue weighted by Gasteiger charge is -2.31. The van der Waals surface area contributed by atoms with Gasteiger partial charge in [0.15, 0.2) is 5.78 Å². The van der Waals surface area contributed by atoms with Crippen molar-refractivity contribution in [1.82, 2.24) is 4.90 Å². The standard InChI is InChI=1S/C17H21NO3/c1-11-10-15(11)17(21)18-8-6-13(7-9-18)16(20)12-2-4-14(19)5-3-12/h2-5,11,13,15,19H,6-10H2,1H3/t11-,15-/m0/s1. The van der Waals surface area contributed by atoms with Crippen LogP contribution in [0.5, 0.6) is 5.75 Å². The van der Waals surface area contributed by atoms with Crippen LogP contribution >= 0.6 is 0 Å². The molecule has 4 heteroatoms. The summed E-state index contributed by atoms with van der Waals surface area (Å²) in [6.07, 6.45) is 2.50. The summed E-state index contributed by atoms with van der Waals surface area (Å²) < 4.78 is 0. The van der Waals surface area contributed by atoms with E-state index in [0.29, 0.717) is 24.6 Å². The first-order valence-electron chi connectivity index (χ1n) is 7.68. The molecular formula is C17H21NO3. The molecule has 1 N–H and O–H groups in total. The molecule has 21 heavy (non-hydrogen) atoms. The maximum absolute atomic E-state index is 12.4. The Bertz CT molecular complexity index is 544. The number of hydrogen-bond donors (Lipinski definition) is 1. The molecule has 1 aliphatic carbocycles. The molecule has 2 aliphatic rings. The molecule has 0 radical (unpaired) electrons. The molecule has 1 amide bonds. The third-order valence-electron chi connectivity index (χ3n) is 4.76. The van der Waals surface area contributed by atoms with E-state index in [2.05, 4.69) is 6.92 Å². The molecule has 1 saturated carbocycles. The first-order valence-corrected chi connectivity index (χ1v) is 7.68. The summed E-state index contributed by atoms with van der Waals surface area (Å²) in [7, 11) is 0. The Morgan fingerprint density at radius 3 is 2.24 bits per heavy atom. The first kappa shape index (κ1) is 14.1. The number of rotatable bonds is 3. The van der Waals surface area contributed by atoms with Gasteiger partial charge in [0, 0.05) is 30.5 Å². The molecule has 0 aromatic heterocycles. The molecule has 4 nitrogen and oxygen atoms in total. The van der Waals surface area contributed by atoms with Crippen molar-refractivity contribution < 1.29 is 14.7 Å². The Morgan fingerprint density at radius 1 is 1.14 bits per heavy atom. The predicted molar refractivity (Wildman–Crippen MR) is 79.0 cm³/mol. The smallest absolute Gasteiger partial charge is 0.225 e. The van der Waals surface area contributed by atoms with Gasteiger partial charge in [-0.3, -0.25) is 9.59 Å². The van der Waals surface area contributed by atoms with Crippen LogP contribution in [0.1, 0.15) is 36.5 Å². The van der Waals surface area contributed by atoms with E-state index < -0.39 is 0 Å². The average Bonchev–Trinajstić information content (AvgIpc) is 3.24. The number of phenols is 1. The lowest BCUT2D eigenvalue weighted by atomic mass is 9.88. The average molecular weight is 287 g/mol. The van der Waals surface area contributed by atoms with E-state index in [4.69, 9.17) is 0 Å². The van der Waals surface area contributed by atoms with Gasteiger partial charge in [0.2, 0.25) is 5.91 Å². The SMILES string of the molecule is C[C@H]1C[C@@H]1C(=O)N1CCC(C(=O)c2ccc(O)cc2)CC1. The number of piperidine rings is 1. The van der Waals surface area contributed by atoms with Gasteiger partial charge in [0.25, 0.3) is 0 Å². The Morgan fingerprint density at radius 2 is 1.71 bits per heavy atom. The molecule has 0 unspecified atom stereocenters. The molecule has 3 rings (SSSR count). The van der Waals surface area contributed by atoms with E-state index in [0.717, 1.165) is 19.3 Å². The van der Waals surface area contributed by atoms with Gasteiger partial charge in [0.1, 0.15) is 5.75 Å². The second-order valence-corrected chi connectivity index (χ2v) is 6.33. The van der Waals surface area contributed by atoms with Crippen molar-refractivity contribution in [3.05, 3.63) is 29.8 Å². The summed E-state index contributed by atoms with van der Waals surface area (Å²) in [4.78, 5) is 26.5.